The van der Waals surface area contributed by atoms with E-state index in [0.717, 1.165) is 22.2 Å². The van der Waals surface area contributed by atoms with E-state index in [1.165, 1.54) is 0 Å². The van der Waals surface area contributed by atoms with Gasteiger partial charge in [0, 0.05) is 0 Å². The summed E-state index contributed by atoms with van der Waals surface area (Å²) in [5.41, 5.74) is 3.88. The third kappa shape index (κ3) is 2.21. The zero-order chi connectivity index (χ0) is 15.3. The average Bonchev–Trinajstić information content (AvgIpc) is 2.89. The Morgan fingerprint density at radius 2 is 1.90 bits per heavy atom. The Morgan fingerprint density at radius 1 is 1.24 bits per heavy atom. The Hall–Kier alpha value is -1.25. The third-order valence-electron chi connectivity index (χ3n) is 4.10. The second-order valence-electron chi connectivity index (χ2n) is 5.48. The number of fused-ring (bicyclic) bond motifs is 1. The number of hydrogen-bond acceptors (Lipinski definition) is 5. The number of aliphatic hydroxyl groups excluding tert-OH is 3. The highest BCUT2D eigenvalue weighted by Crippen LogP contribution is 2.33. The average molecular weight is 310 g/mol. The molecule has 6 nitrogen and oxygen atoms in total. The van der Waals surface area contributed by atoms with Gasteiger partial charge in [-0.2, -0.15) is 0 Å². The SMILES string of the molecule is Cc1cc2[nH]c(=S)n([C@@H]3O[C@H](CO)[C@@H](O)[C@H]3O)c2cc1C. The van der Waals surface area contributed by atoms with Crippen LogP contribution in [0.4, 0.5) is 0 Å². The molecule has 4 N–H and O–H groups in total. The molecule has 4 atom stereocenters. The number of aliphatic hydroxyl groups is 3. The van der Waals surface area contributed by atoms with E-state index in [1.807, 2.05) is 26.0 Å². The smallest absolute Gasteiger partial charge is 0.180 e. The fourth-order valence-corrected chi connectivity index (χ4v) is 3.04. The van der Waals surface area contributed by atoms with Crippen molar-refractivity contribution < 1.29 is 20.1 Å². The van der Waals surface area contributed by atoms with Gasteiger partial charge >= 0.3 is 0 Å². The maximum atomic E-state index is 10.2. The molecule has 7 heteroatoms. The lowest BCUT2D eigenvalue weighted by Crippen LogP contribution is -2.33. The van der Waals surface area contributed by atoms with Crippen LogP contribution in [0.2, 0.25) is 0 Å². The molecule has 1 aromatic carbocycles. The van der Waals surface area contributed by atoms with E-state index >= 15 is 0 Å². The second kappa shape index (κ2) is 5.19. The number of H-pyrrole nitrogens is 1. The van der Waals surface area contributed by atoms with Crippen molar-refractivity contribution in [3.05, 3.63) is 28.0 Å². The van der Waals surface area contributed by atoms with Crippen LogP contribution >= 0.6 is 12.2 Å². The molecule has 0 unspecified atom stereocenters. The molecule has 0 radical (unpaired) electrons. The van der Waals surface area contributed by atoms with Crippen LogP contribution in [0.1, 0.15) is 17.4 Å². The number of nitrogens with zero attached hydrogens (tertiary/aromatic N) is 1. The van der Waals surface area contributed by atoms with E-state index in [1.54, 1.807) is 4.57 Å². The lowest BCUT2D eigenvalue weighted by Gasteiger charge is -2.17. The summed E-state index contributed by atoms with van der Waals surface area (Å²) in [5.74, 6) is 0. The van der Waals surface area contributed by atoms with E-state index in [2.05, 4.69) is 4.98 Å². The van der Waals surface area contributed by atoms with Crippen LogP contribution in [0.25, 0.3) is 11.0 Å². The number of benzene rings is 1. The monoisotopic (exact) mass is 310 g/mol. The van der Waals surface area contributed by atoms with Crippen LogP contribution in [0.3, 0.4) is 0 Å². The number of hydrogen-bond donors (Lipinski definition) is 4. The van der Waals surface area contributed by atoms with Crippen LogP contribution < -0.4 is 0 Å². The number of aryl methyl sites for hydroxylation is 2. The molecule has 1 aliphatic rings. The van der Waals surface area contributed by atoms with Gasteiger partial charge in [-0.3, -0.25) is 4.57 Å². The number of rotatable bonds is 2. The van der Waals surface area contributed by atoms with E-state index in [4.69, 9.17) is 17.0 Å². The summed E-state index contributed by atoms with van der Waals surface area (Å²) in [4.78, 5) is 3.08. The molecule has 1 saturated heterocycles. The van der Waals surface area contributed by atoms with Crippen molar-refractivity contribution in [2.45, 2.75) is 38.4 Å². The Morgan fingerprint density at radius 3 is 2.52 bits per heavy atom. The molecule has 2 aromatic rings. The Bertz CT molecular complexity index is 738. The van der Waals surface area contributed by atoms with Gasteiger partial charge in [0.1, 0.15) is 18.3 Å². The van der Waals surface area contributed by atoms with Crippen molar-refractivity contribution >= 4 is 23.3 Å². The summed E-state index contributed by atoms with van der Waals surface area (Å²) in [6, 6.07) is 3.95. The molecule has 1 aromatic heterocycles. The number of aromatic nitrogens is 2. The van der Waals surface area contributed by atoms with Crippen molar-refractivity contribution in [3.63, 3.8) is 0 Å². The third-order valence-corrected chi connectivity index (χ3v) is 4.40. The van der Waals surface area contributed by atoms with E-state index in [9.17, 15) is 15.3 Å². The number of aromatic amines is 1. The molecule has 114 valence electrons. The molecule has 0 amide bonds. The summed E-state index contributed by atoms with van der Waals surface area (Å²) in [6.45, 7) is 3.64. The van der Waals surface area contributed by atoms with Gasteiger partial charge in [-0.05, 0) is 49.3 Å². The molecule has 0 aliphatic carbocycles. The van der Waals surface area contributed by atoms with Gasteiger partial charge in [0.25, 0.3) is 0 Å². The fraction of sp³-hybridized carbons (Fsp3) is 0.500. The highest BCUT2D eigenvalue weighted by molar-refractivity contribution is 7.71. The molecular formula is C14H18N2O4S. The summed E-state index contributed by atoms with van der Waals surface area (Å²) in [6.07, 6.45) is -3.92. The highest BCUT2D eigenvalue weighted by Gasteiger charge is 2.44. The number of imidazole rings is 1. The van der Waals surface area contributed by atoms with Gasteiger partial charge in [0.2, 0.25) is 0 Å². The van der Waals surface area contributed by atoms with Gasteiger partial charge in [0.05, 0.1) is 17.6 Å². The van der Waals surface area contributed by atoms with Crippen LogP contribution in [0, 0.1) is 18.6 Å². The van der Waals surface area contributed by atoms with Crippen LogP contribution in [-0.2, 0) is 4.74 Å². The summed E-state index contributed by atoms with van der Waals surface area (Å²) in [7, 11) is 0. The Balaban J connectivity index is 2.15. The molecule has 3 rings (SSSR count). The summed E-state index contributed by atoms with van der Waals surface area (Å²) >= 11 is 5.31. The number of ether oxygens (including phenoxy) is 1. The zero-order valence-corrected chi connectivity index (χ0v) is 12.6. The zero-order valence-electron chi connectivity index (χ0n) is 11.8. The highest BCUT2D eigenvalue weighted by atomic mass is 32.1. The Kier molecular flexibility index (Phi) is 3.62. The molecule has 0 saturated carbocycles. The standard InChI is InChI=1S/C14H18N2O4S/c1-6-3-8-9(4-7(6)2)16(14(21)15-8)13-12(19)11(18)10(5-17)20-13/h3-4,10-13,17-19H,5H2,1-2H3,(H,15,21)/t10-,11-,12-,13-/m1/s1. The van der Waals surface area contributed by atoms with Crippen molar-refractivity contribution in [2.75, 3.05) is 6.61 Å². The minimum absolute atomic E-state index is 0.359. The van der Waals surface area contributed by atoms with E-state index in [0.29, 0.717) is 4.77 Å². The lowest BCUT2D eigenvalue weighted by atomic mass is 10.1. The van der Waals surface area contributed by atoms with Crippen molar-refractivity contribution in [1.29, 1.82) is 0 Å². The second-order valence-corrected chi connectivity index (χ2v) is 5.87. The molecule has 0 bridgehead atoms. The first-order valence-corrected chi connectivity index (χ1v) is 7.18. The maximum Gasteiger partial charge on any atom is 0.180 e. The summed E-state index contributed by atoms with van der Waals surface area (Å²) < 4.78 is 7.63. The Labute approximate surface area is 126 Å². The van der Waals surface area contributed by atoms with Crippen molar-refractivity contribution in [2.24, 2.45) is 0 Å². The van der Waals surface area contributed by atoms with E-state index in [-0.39, 0.29) is 6.61 Å². The quantitative estimate of drug-likeness (QED) is 0.620. The van der Waals surface area contributed by atoms with Gasteiger partial charge in [-0.1, -0.05) is 0 Å². The molecule has 1 aliphatic heterocycles. The maximum absolute atomic E-state index is 10.2. The van der Waals surface area contributed by atoms with E-state index < -0.39 is 24.5 Å². The molecular weight excluding hydrogens is 292 g/mol. The van der Waals surface area contributed by atoms with Crippen molar-refractivity contribution in [3.8, 4) is 0 Å². The molecule has 0 spiro atoms. The first-order chi connectivity index (χ1) is 9.93. The van der Waals surface area contributed by atoms with Gasteiger partial charge in [-0.15, -0.1) is 0 Å². The van der Waals surface area contributed by atoms with Crippen LogP contribution in [0.15, 0.2) is 12.1 Å². The first-order valence-electron chi connectivity index (χ1n) is 6.78. The van der Waals surface area contributed by atoms with Crippen molar-refractivity contribution in [1.82, 2.24) is 9.55 Å². The number of nitrogens with one attached hydrogen (secondary N) is 1. The fourth-order valence-electron chi connectivity index (χ4n) is 2.73. The van der Waals surface area contributed by atoms with Gasteiger partial charge in [-0.25, -0.2) is 0 Å². The molecule has 21 heavy (non-hydrogen) atoms. The first kappa shape index (κ1) is 14.7. The molecule has 1 fully saturated rings. The van der Waals surface area contributed by atoms with Crippen LogP contribution in [-0.4, -0.2) is 49.8 Å². The summed E-state index contributed by atoms with van der Waals surface area (Å²) in [5, 5.41) is 29.3. The predicted molar refractivity (Wildman–Crippen MR) is 79.6 cm³/mol. The predicted octanol–water partition coefficient (Wildman–Crippen LogP) is 0.927. The lowest BCUT2D eigenvalue weighted by molar-refractivity contribution is -0.0514. The molecule has 2 heterocycles. The largest absolute Gasteiger partial charge is 0.394 e. The topological polar surface area (TPSA) is 90.6 Å². The normalized spacial score (nSPS) is 29.4. The minimum Gasteiger partial charge on any atom is -0.394 e. The minimum atomic E-state index is -1.14. The van der Waals surface area contributed by atoms with Gasteiger partial charge < -0.3 is 25.0 Å². The van der Waals surface area contributed by atoms with Gasteiger partial charge in [0.15, 0.2) is 11.0 Å². The van der Waals surface area contributed by atoms with Crippen LogP contribution in [0.5, 0.6) is 0 Å².